The number of imide groups is 1. The summed E-state index contributed by atoms with van der Waals surface area (Å²) in [6, 6.07) is 1.63. The average molecular weight is 404 g/mol. The fraction of sp³-hybridized carbons (Fsp3) is 0.615. The van der Waals surface area contributed by atoms with Crippen molar-refractivity contribution < 1.29 is 14.1 Å². The molecule has 0 N–H and O–H groups in total. The first-order valence-corrected chi connectivity index (χ1v) is 8.43. The van der Waals surface area contributed by atoms with E-state index in [-0.39, 0.29) is 45.1 Å². The van der Waals surface area contributed by atoms with Gasteiger partial charge in [-0.2, -0.15) is 0 Å². The van der Waals surface area contributed by atoms with Crippen molar-refractivity contribution in [1.29, 1.82) is 0 Å². The molecule has 6 atom stereocenters. The Balaban J connectivity index is 1.74. The van der Waals surface area contributed by atoms with Crippen molar-refractivity contribution in [3.8, 4) is 0 Å². The zero-order chi connectivity index (χ0) is 14.2. The minimum Gasteiger partial charge on any atom is -0.360 e. The van der Waals surface area contributed by atoms with Gasteiger partial charge >= 0.3 is 0 Å². The van der Waals surface area contributed by atoms with Crippen molar-refractivity contribution >= 4 is 49.5 Å². The fourth-order valence-electron chi connectivity index (χ4n) is 4.03. The Morgan fingerprint density at radius 2 is 1.75 bits per heavy atom. The summed E-state index contributed by atoms with van der Waals surface area (Å²) in [7, 11) is 0. The molecule has 1 saturated heterocycles. The highest BCUT2D eigenvalue weighted by Gasteiger charge is 2.66. The maximum Gasteiger partial charge on any atom is 0.239 e. The highest BCUT2D eigenvalue weighted by molar-refractivity contribution is 9.12. The third-order valence-corrected chi connectivity index (χ3v) is 8.04. The monoisotopic (exact) mass is 402 g/mol. The molecule has 2 amide bonds. The summed E-state index contributed by atoms with van der Waals surface area (Å²) in [5.74, 6) is 0.716. The lowest BCUT2D eigenvalue weighted by Gasteiger charge is -2.28. The SMILES string of the molecule is Cc1cc(N2C(=O)[C@@H]3[C@H]4C[C@@H]([C@H](Br)[C@@H]4Br)[C@@H]3C2=O)no1. The second-order valence-electron chi connectivity index (χ2n) is 5.81. The number of halogens is 2. The molecule has 2 bridgehead atoms. The molecule has 0 radical (unpaired) electrons. The van der Waals surface area contributed by atoms with Crippen LogP contribution in [-0.4, -0.2) is 26.6 Å². The third kappa shape index (κ3) is 1.45. The molecule has 2 aliphatic carbocycles. The summed E-state index contributed by atoms with van der Waals surface area (Å²) >= 11 is 7.32. The van der Waals surface area contributed by atoms with Gasteiger partial charge in [0.2, 0.25) is 11.8 Å². The van der Waals surface area contributed by atoms with Gasteiger partial charge in [-0.05, 0) is 25.2 Å². The largest absolute Gasteiger partial charge is 0.360 e. The van der Waals surface area contributed by atoms with E-state index in [0.29, 0.717) is 11.6 Å². The molecule has 3 fully saturated rings. The van der Waals surface area contributed by atoms with Crippen LogP contribution in [0.5, 0.6) is 0 Å². The van der Waals surface area contributed by atoms with E-state index in [4.69, 9.17) is 4.52 Å². The molecule has 1 aromatic heterocycles. The fourth-order valence-corrected chi connectivity index (χ4v) is 5.91. The number of carbonyl (C=O) groups excluding carboxylic acids is 2. The number of amides is 2. The van der Waals surface area contributed by atoms with Crippen LogP contribution in [0.4, 0.5) is 5.82 Å². The highest BCUT2D eigenvalue weighted by atomic mass is 79.9. The molecular formula is C13H12Br2N2O3. The molecule has 0 aromatic carbocycles. The standard InChI is InChI=1S/C13H12Br2N2O3/c1-4-2-7(16-20-4)17-12(18)8-5-3-6(9(8)13(17)19)11(15)10(5)14/h2,5-6,8-11H,3H2,1H3/t5-,6-,8-,9+,10-,11+/m1/s1. The Labute approximate surface area is 132 Å². The normalized spacial score (nSPS) is 42.6. The summed E-state index contributed by atoms with van der Waals surface area (Å²) < 4.78 is 4.99. The van der Waals surface area contributed by atoms with Crippen molar-refractivity contribution in [2.45, 2.75) is 23.0 Å². The molecule has 5 nitrogen and oxygen atoms in total. The Morgan fingerprint density at radius 1 is 1.20 bits per heavy atom. The Morgan fingerprint density at radius 3 is 2.20 bits per heavy atom. The zero-order valence-electron chi connectivity index (χ0n) is 10.6. The van der Waals surface area contributed by atoms with Gasteiger partial charge in [0.15, 0.2) is 5.82 Å². The minimum atomic E-state index is -0.206. The molecule has 2 saturated carbocycles. The van der Waals surface area contributed by atoms with Crippen LogP contribution in [0.1, 0.15) is 12.2 Å². The molecule has 106 valence electrons. The number of rotatable bonds is 1. The van der Waals surface area contributed by atoms with Crippen molar-refractivity contribution in [3.63, 3.8) is 0 Å². The highest BCUT2D eigenvalue weighted by Crippen LogP contribution is 2.60. The Kier molecular flexibility index (Phi) is 2.71. The first-order valence-electron chi connectivity index (χ1n) is 6.60. The lowest BCUT2D eigenvalue weighted by atomic mass is 9.81. The number of aryl methyl sites for hydroxylation is 1. The van der Waals surface area contributed by atoms with Gasteiger partial charge in [-0.3, -0.25) is 9.59 Å². The summed E-state index contributed by atoms with van der Waals surface area (Å²) in [6.07, 6.45) is 0.935. The van der Waals surface area contributed by atoms with E-state index >= 15 is 0 Å². The van der Waals surface area contributed by atoms with Crippen LogP contribution in [0.2, 0.25) is 0 Å². The van der Waals surface area contributed by atoms with Crippen molar-refractivity contribution in [3.05, 3.63) is 11.8 Å². The van der Waals surface area contributed by atoms with Gasteiger partial charge in [-0.25, -0.2) is 4.90 Å². The lowest BCUT2D eigenvalue weighted by Crippen LogP contribution is -2.37. The van der Waals surface area contributed by atoms with Gasteiger partial charge < -0.3 is 4.52 Å². The summed E-state index contributed by atoms with van der Waals surface area (Å²) in [6.45, 7) is 1.75. The maximum absolute atomic E-state index is 12.6. The van der Waals surface area contributed by atoms with Crippen LogP contribution >= 0.6 is 31.9 Å². The van der Waals surface area contributed by atoms with E-state index in [1.165, 1.54) is 4.90 Å². The second kappa shape index (κ2) is 4.16. The first kappa shape index (κ1) is 13.0. The van der Waals surface area contributed by atoms with Gasteiger partial charge in [0.25, 0.3) is 0 Å². The number of nitrogens with zero attached hydrogens (tertiary/aromatic N) is 2. The number of aromatic nitrogens is 1. The van der Waals surface area contributed by atoms with Crippen LogP contribution in [0, 0.1) is 30.6 Å². The predicted molar refractivity (Wildman–Crippen MR) is 77.7 cm³/mol. The third-order valence-electron chi connectivity index (χ3n) is 4.83. The molecule has 3 aliphatic rings. The molecule has 0 spiro atoms. The molecule has 0 unspecified atom stereocenters. The van der Waals surface area contributed by atoms with E-state index in [0.717, 1.165) is 6.42 Å². The number of carbonyl (C=O) groups is 2. The van der Waals surface area contributed by atoms with E-state index in [1.807, 2.05) is 0 Å². The van der Waals surface area contributed by atoms with Gasteiger partial charge in [-0.15, -0.1) is 0 Å². The van der Waals surface area contributed by atoms with Crippen LogP contribution in [0.3, 0.4) is 0 Å². The number of hydrogen-bond acceptors (Lipinski definition) is 4. The predicted octanol–water partition coefficient (Wildman–Crippen LogP) is 2.27. The topological polar surface area (TPSA) is 63.4 Å². The average Bonchev–Trinajstić information content (AvgIpc) is 3.10. The molecule has 20 heavy (non-hydrogen) atoms. The van der Waals surface area contributed by atoms with Crippen molar-refractivity contribution in [2.75, 3.05) is 4.90 Å². The van der Waals surface area contributed by atoms with E-state index in [1.54, 1.807) is 13.0 Å². The Bertz CT molecular complexity index is 585. The van der Waals surface area contributed by atoms with Crippen LogP contribution in [-0.2, 0) is 9.59 Å². The molecule has 4 rings (SSSR count). The molecule has 1 aromatic rings. The molecular weight excluding hydrogens is 392 g/mol. The molecule has 7 heteroatoms. The van der Waals surface area contributed by atoms with Crippen LogP contribution < -0.4 is 4.90 Å². The quantitative estimate of drug-likeness (QED) is 0.533. The van der Waals surface area contributed by atoms with Crippen molar-refractivity contribution in [1.82, 2.24) is 5.16 Å². The first-order chi connectivity index (χ1) is 9.50. The van der Waals surface area contributed by atoms with Gasteiger partial charge in [-0.1, -0.05) is 37.0 Å². The second-order valence-corrected chi connectivity index (χ2v) is 7.93. The van der Waals surface area contributed by atoms with E-state index < -0.39 is 0 Å². The minimum absolute atomic E-state index is 0.121. The number of fused-ring (bicyclic) bond motifs is 5. The number of anilines is 1. The van der Waals surface area contributed by atoms with Crippen molar-refractivity contribution in [2.24, 2.45) is 23.7 Å². The van der Waals surface area contributed by atoms with E-state index in [9.17, 15) is 9.59 Å². The number of hydrogen-bond donors (Lipinski definition) is 0. The zero-order valence-corrected chi connectivity index (χ0v) is 13.8. The van der Waals surface area contributed by atoms with E-state index in [2.05, 4.69) is 37.0 Å². The van der Waals surface area contributed by atoms with Crippen LogP contribution in [0.25, 0.3) is 0 Å². The molecule has 1 aliphatic heterocycles. The lowest BCUT2D eigenvalue weighted by molar-refractivity contribution is -0.123. The Hall–Kier alpha value is -0.690. The van der Waals surface area contributed by atoms with Gasteiger partial charge in [0.1, 0.15) is 5.76 Å². The summed E-state index contributed by atoms with van der Waals surface area (Å²) in [5, 5.41) is 3.82. The maximum atomic E-state index is 12.6. The summed E-state index contributed by atoms with van der Waals surface area (Å²) in [4.78, 5) is 27.0. The van der Waals surface area contributed by atoms with Gasteiger partial charge in [0, 0.05) is 15.7 Å². The summed E-state index contributed by atoms with van der Waals surface area (Å²) in [5.41, 5.74) is 0. The number of alkyl halides is 2. The molecule has 2 heterocycles. The van der Waals surface area contributed by atoms with Crippen LogP contribution in [0.15, 0.2) is 10.6 Å². The van der Waals surface area contributed by atoms with Gasteiger partial charge in [0.05, 0.1) is 11.8 Å². The smallest absolute Gasteiger partial charge is 0.239 e.